The van der Waals surface area contributed by atoms with Gasteiger partial charge in [-0.05, 0) is 30.2 Å². The number of hydrogen-bond acceptors (Lipinski definition) is 6. The summed E-state index contributed by atoms with van der Waals surface area (Å²) in [5.41, 5.74) is 2.52. The highest BCUT2D eigenvalue weighted by molar-refractivity contribution is 8.01. The highest BCUT2D eigenvalue weighted by Gasteiger charge is 2.11. The standard InChI is InChI=1S/C19H17ClN4O2S2/c1-12-7-8-14(10-15(12)20)21-17(26)11-27-19-24-23-18(28-19)22-16(25)9-13-5-3-2-4-6-13/h2-8,10H,9,11H2,1H3,(H,21,26)(H,22,23,25). The number of thioether (sulfide) groups is 1. The lowest BCUT2D eigenvalue weighted by Gasteiger charge is -2.06. The van der Waals surface area contributed by atoms with Gasteiger partial charge in [-0.1, -0.05) is 71.1 Å². The quantitative estimate of drug-likeness (QED) is 0.426. The van der Waals surface area contributed by atoms with Crippen LogP contribution in [0.15, 0.2) is 52.9 Å². The lowest BCUT2D eigenvalue weighted by atomic mass is 10.1. The molecule has 0 atom stereocenters. The van der Waals surface area contributed by atoms with E-state index in [9.17, 15) is 9.59 Å². The molecule has 0 saturated carbocycles. The molecule has 2 amide bonds. The summed E-state index contributed by atoms with van der Waals surface area (Å²) in [6.07, 6.45) is 0.268. The fourth-order valence-electron chi connectivity index (χ4n) is 2.26. The van der Waals surface area contributed by atoms with E-state index in [-0.39, 0.29) is 24.0 Å². The number of halogens is 1. The Balaban J connectivity index is 1.46. The van der Waals surface area contributed by atoms with Gasteiger partial charge in [-0.25, -0.2) is 0 Å². The molecule has 0 aliphatic carbocycles. The first-order valence-electron chi connectivity index (χ1n) is 8.35. The highest BCUT2D eigenvalue weighted by atomic mass is 35.5. The molecule has 1 aromatic heterocycles. The maximum atomic E-state index is 12.1. The zero-order valence-electron chi connectivity index (χ0n) is 14.9. The Morgan fingerprint density at radius 3 is 2.61 bits per heavy atom. The molecule has 144 valence electrons. The second kappa shape index (κ2) is 9.68. The first kappa shape index (κ1) is 20.3. The second-order valence-electron chi connectivity index (χ2n) is 5.88. The SMILES string of the molecule is Cc1ccc(NC(=O)CSc2nnc(NC(=O)Cc3ccccc3)s2)cc1Cl. The molecule has 3 aromatic rings. The van der Waals surface area contributed by atoms with Crippen molar-refractivity contribution in [1.82, 2.24) is 10.2 Å². The first-order chi connectivity index (χ1) is 13.5. The summed E-state index contributed by atoms with van der Waals surface area (Å²) in [7, 11) is 0. The van der Waals surface area contributed by atoms with Crippen LogP contribution in [-0.2, 0) is 16.0 Å². The maximum absolute atomic E-state index is 12.1. The number of hydrogen-bond donors (Lipinski definition) is 2. The van der Waals surface area contributed by atoms with E-state index in [0.29, 0.717) is 20.2 Å². The molecule has 2 aromatic carbocycles. The summed E-state index contributed by atoms with van der Waals surface area (Å²) in [5, 5.41) is 14.5. The molecule has 3 rings (SSSR count). The van der Waals surface area contributed by atoms with Crippen molar-refractivity contribution in [2.45, 2.75) is 17.7 Å². The van der Waals surface area contributed by atoms with Gasteiger partial charge in [0.1, 0.15) is 0 Å². The molecule has 28 heavy (non-hydrogen) atoms. The zero-order chi connectivity index (χ0) is 19.9. The third kappa shape index (κ3) is 6.05. The Morgan fingerprint density at radius 2 is 1.86 bits per heavy atom. The molecule has 1 heterocycles. The van der Waals surface area contributed by atoms with Gasteiger partial charge in [-0.15, -0.1) is 10.2 Å². The number of benzene rings is 2. The van der Waals surface area contributed by atoms with E-state index < -0.39 is 0 Å². The minimum atomic E-state index is -0.171. The Bertz CT molecular complexity index is 979. The summed E-state index contributed by atoms with van der Waals surface area (Å²) < 4.78 is 0.604. The molecule has 6 nitrogen and oxygen atoms in total. The van der Waals surface area contributed by atoms with Gasteiger partial charge in [0.25, 0.3) is 0 Å². The van der Waals surface area contributed by atoms with E-state index in [0.717, 1.165) is 11.1 Å². The van der Waals surface area contributed by atoms with E-state index in [1.54, 1.807) is 12.1 Å². The van der Waals surface area contributed by atoms with E-state index >= 15 is 0 Å². The molecular formula is C19H17ClN4O2S2. The number of amides is 2. The van der Waals surface area contributed by atoms with Crippen molar-refractivity contribution in [3.05, 3.63) is 64.7 Å². The number of aryl methyl sites for hydroxylation is 1. The third-order valence-corrected chi connectivity index (χ3v) is 6.02. The van der Waals surface area contributed by atoms with Crippen molar-refractivity contribution < 1.29 is 9.59 Å². The van der Waals surface area contributed by atoms with E-state index in [2.05, 4.69) is 20.8 Å². The van der Waals surface area contributed by atoms with Crippen molar-refractivity contribution in [3.8, 4) is 0 Å². The van der Waals surface area contributed by atoms with Crippen LogP contribution < -0.4 is 10.6 Å². The molecule has 0 bridgehead atoms. The van der Waals surface area contributed by atoms with Crippen LogP contribution in [0.4, 0.5) is 10.8 Å². The lowest BCUT2D eigenvalue weighted by molar-refractivity contribution is -0.115. The van der Waals surface area contributed by atoms with Gasteiger partial charge >= 0.3 is 0 Å². The second-order valence-corrected chi connectivity index (χ2v) is 8.49. The van der Waals surface area contributed by atoms with Crippen molar-refractivity contribution in [3.63, 3.8) is 0 Å². The molecule has 0 aliphatic heterocycles. The highest BCUT2D eigenvalue weighted by Crippen LogP contribution is 2.26. The van der Waals surface area contributed by atoms with Crippen LogP contribution in [0.3, 0.4) is 0 Å². The Kier molecular flexibility index (Phi) is 7.02. The van der Waals surface area contributed by atoms with Gasteiger partial charge in [-0.2, -0.15) is 0 Å². The lowest BCUT2D eigenvalue weighted by Crippen LogP contribution is -2.14. The van der Waals surface area contributed by atoms with E-state index in [1.165, 1.54) is 23.1 Å². The predicted molar refractivity (Wildman–Crippen MR) is 114 cm³/mol. The molecule has 0 spiro atoms. The van der Waals surface area contributed by atoms with Gasteiger partial charge in [0, 0.05) is 10.7 Å². The average molecular weight is 433 g/mol. The monoisotopic (exact) mass is 432 g/mol. The van der Waals surface area contributed by atoms with Gasteiger partial charge in [0.15, 0.2) is 4.34 Å². The molecule has 0 saturated heterocycles. The van der Waals surface area contributed by atoms with Crippen LogP contribution in [0.1, 0.15) is 11.1 Å². The van der Waals surface area contributed by atoms with Crippen LogP contribution in [-0.4, -0.2) is 27.8 Å². The average Bonchev–Trinajstić information content (AvgIpc) is 3.11. The smallest absolute Gasteiger partial charge is 0.234 e. The van der Waals surface area contributed by atoms with Crippen molar-refractivity contribution in [1.29, 1.82) is 0 Å². The van der Waals surface area contributed by atoms with Gasteiger partial charge in [0.05, 0.1) is 12.2 Å². The predicted octanol–water partition coefficient (Wildman–Crippen LogP) is 4.41. The number of carbonyl (C=O) groups excluding carboxylic acids is 2. The van der Waals surface area contributed by atoms with Crippen LogP contribution in [0.5, 0.6) is 0 Å². The number of nitrogens with one attached hydrogen (secondary N) is 2. The fraction of sp³-hybridized carbons (Fsp3) is 0.158. The van der Waals surface area contributed by atoms with Crippen molar-refractivity contribution in [2.24, 2.45) is 0 Å². The van der Waals surface area contributed by atoms with Gasteiger partial charge in [0.2, 0.25) is 16.9 Å². The molecule has 2 N–H and O–H groups in total. The minimum absolute atomic E-state index is 0.159. The van der Waals surface area contributed by atoms with Gasteiger partial charge in [-0.3, -0.25) is 9.59 Å². The molecule has 0 radical (unpaired) electrons. The largest absolute Gasteiger partial charge is 0.325 e. The Labute approximate surface area is 175 Å². The summed E-state index contributed by atoms with van der Waals surface area (Å²) in [5.74, 6) is -0.152. The number of aromatic nitrogens is 2. The topological polar surface area (TPSA) is 84.0 Å². The summed E-state index contributed by atoms with van der Waals surface area (Å²) in [6, 6.07) is 14.8. The Hall–Kier alpha value is -2.42. The molecule has 0 unspecified atom stereocenters. The number of nitrogens with zero attached hydrogens (tertiary/aromatic N) is 2. The first-order valence-corrected chi connectivity index (χ1v) is 10.5. The zero-order valence-corrected chi connectivity index (χ0v) is 17.3. The van der Waals surface area contributed by atoms with E-state index in [4.69, 9.17) is 11.6 Å². The maximum Gasteiger partial charge on any atom is 0.234 e. The third-order valence-electron chi connectivity index (χ3n) is 3.64. The molecule has 0 aliphatic rings. The van der Waals surface area contributed by atoms with Crippen LogP contribution in [0.25, 0.3) is 0 Å². The van der Waals surface area contributed by atoms with E-state index in [1.807, 2.05) is 43.3 Å². The van der Waals surface area contributed by atoms with Gasteiger partial charge < -0.3 is 10.6 Å². The molecule has 0 fully saturated rings. The van der Waals surface area contributed by atoms with Crippen molar-refractivity contribution >= 4 is 57.3 Å². The minimum Gasteiger partial charge on any atom is -0.325 e. The van der Waals surface area contributed by atoms with Crippen LogP contribution >= 0.6 is 34.7 Å². The Morgan fingerprint density at radius 1 is 1.07 bits per heavy atom. The molecule has 9 heteroatoms. The number of carbonyl (C=O) groups is 2. The molecular weight excluding hydrogens is 416 g/mol. The fourth-order valence-corrected chi connectivity index (χ4v) is 4.01. The number of rotatable bonds is 7. The van der Waals surface area contributed by atoms with Crippen molar-refractivity contribution in [2.75, 3.05) is 16.4 Å². The summed E-state index contributed by atoms with van der Waals surface area (Å²) >= 11 is 8.55. The van der Waals surface area contributed by atoms with Crippen LogP contribution in [0.2, 0.25) is 5.02 Å². The summed E-state index contributed by atoms with van der Waals surface area (Å²) in [6.45, 7) is 1.90. The summed E-state index contributed by atoms with van der Waals surface area (Å²) in [4.78, 5) is 24.1. The normalized spacial score (nSPS) is 10.5. The number of anilines is 2. The van der Waals surface area contributed by atoms with Crippen LogP contribution in [0, 0.1) is 6.92 Å².